The van der Waals surface area contributed by atoms with E-state index in [9.17, 15) is 15.2 Å². The van der Waals surface area contributed by atoms with E-state index >= 15 is 0 Å². The number of hydrogen-bond acceptors (Lipinski definition) is 6. The molecule has 0 aliphatic heterocycles. The van der Waals surface area contributed by atoms with Crippen LogP contribution in [0.3, 0.4) is 0 Å². The largest absolute Gasteiger partial charge is 0.506 e. The summed E-state index contributed by atoms with van der Waals surface area (Å²) >= 11 is 12.8. The van der Waals surface area contributed by atoms with Crippen LogP contribution in [0.1, 0.15) is 10.6 Å². The Morgan fingerprint density at radius 1 is 1.29 bits per heavy atom. The molecular weight excluding hydrogens is 369 g/mol. The van der Waals surface area contributed by atoms with Crippen LogP contribution >= 0.6 is 34.5 Å². The van der Waals surface area contributed by atoms with Gasteiger partial charge in [-0.3, -0.25) is 4.79 Å². The fourth-order valence-electron chi connectivity index (χ4n) is 2.02. The maximum Gasteiger partial charge on any atom is 0.279 e. The number of nitrogens with zero attached hydrogens (tertiary/aromatic N) is 3. The molecular formula is C16H7Cl2N3O2S. The highest BCUT2D eigenvalue weighted by molar-refractivity contribution is 7.19. The number of aromatic nitrogens is 2. The Hall–Kier alpha value is -2.46. The van der Waals surface area contributed by atoms with E-state index in [1.807, 2.05) is 6.07 Å². The van der Waals surface area contributed by atoms with Gasteiger partial charge in [0.2, 0.25) is 0 Å². The van der Waals surface area contributed by atoms with Crippen LogP contribution in [0.25, 0.3) is 21.4 Å². The van der Waals surface area contributed by atoms with Gasteiger partial charge < -0.3 is 5.11 Å². The molecule has 0 radical (unpaired) electrons. The van der Waals surface area contributed by atoms with Crippen LogP contribution in [-0.4, -0.2) is 15.1 Å². The second kappa shape index (κ2) is 6.57. The van der Waals surface area contributed by atoms with Gasteiger partial charge in [-0.25, -0.2) is 4.98 Å². The number of nitriles is 1. The third kappa shape index (κ3) is 2.97. The number of halogens is 2. The third-order valence-electron chi connectivity index (χ3n) is 3.16. The Morgan fingerprint density at radius 3 is 2.75 bits per heavy atom. The molecule has 24 heavy (non-hydrogen) atoms. The second-order valence-corrected chi connectivity index (χ2v) is 6.45. The van der Waals surface area contributed by atoms with Gasteiger partial charge in [-0.05, 0) is 18.2 Å². The first-order valence-corrected chi connectivity index (χ1v) is 8.13. The summed E-state index contributed by atoms with van der Waals surface area (Å²) in [6.07, 6.45) is 1.28. The Kier molecular flexibility index (Phi) is 4.49. The number of fused-ring (bicyclic) bond motifs is 1. The standard InChI is InChI=1S/C16H7Cl2N3O2S/c17-11-5-8(7-20-14(11)18)13(22)10(6-19)16-21-15(23)9-3-1-2-4-12(9)24-16/h1-5,7,22H. The first kappa shape index (κ1) is 16.4. The summed E-state index contributed by atoms with van der Waals surface area (Å²) in [7, 11) is 0. The fraction of sp³-hybridized carbons (Fsp3) is 0. The van der Waals surface area contributed by atoms with E-state index < -0.39 is 5.56 Å². The fourth-order valence-corrected chi connectivity index (χ4v) is 3.28. The Labute approximate surface area is 150 Å². The molecule has 5 nitrogen and oxygen atoms in total. The van der Waals surface area contributed by atoms with Crippen molar-refractivity contribution in [1.29, 1.82) is 5.26 Å². The molecule has 0 saturated heterocycles. The van der Waals surface area contributed by atoms with E-state index in [2.05, 4.69) is 9.97 Å². The topological polar surface area (TPSA) is 86.9 Å². The summed E-state index contributed by atoms with van der Waals surface area (Å²) < 4.78 is 0.667. The molecule has 3 rings (SSSR count). The number of rotatable bonds is 2. The van der Waals surface area contributed by atoms with Crippen LogP contribution in [0, 0.1) is 11.3 Å². The van der Waals surface area contributed by atoms with E-state index in [-0.39, 0.29) is 32.1 Å². The van der Waals surface area contributed by atoms with Gasteiger partial charge in [-0.1, -0.05) is 35.3 Å². The zero-order chi connectivity index (χ0) is 17.3. The lowest BCUT2D eigenvalue weighted by Crippen LogP contribution is -2.07. The van der Waals surface area contributed by atoms with Crippen molar-refractivity contribution in [2.75, 3.05) is 0 Å². The average Bonchev–Trinajstić information content (AvgIpc) is 2.58. The van der Waals surface area contributed by atoms with Gasteiger partial charge in [0, 0.05) is 16.5 Å². The minimum atomic E-state index is -0.466. The van der Waals surface area contributed by atoms with E-state index in [0.717, 1.165) is 11.3 Å². The van der Waals surface area contributed by atoms with E-state index in [1.165, 1.54) is 12.3 Å². The molecule has 3 aromatic rings. The lowest BCUT2D eigenvalue weighted by molar-refractivity contribution is 0.513. The van der Waals surface area contributed by atoms with Crippen LogP contribution < -0.4 is 5.56 Å². The molecule has 1 aromatic carbocycles. The summed E-state index contributed by atoms with van der Waals surface area (Å²) in [6, 6.07) is 10.2. The van der Waals surface area contributed by atoms with Crippen LogP contribution in [-0.2, 0) is 0 Å². The molecule has 0 bridgehead atoms. The van der Waals surface area contributed by atoms with E-state index in [1.54, 1.807) is 24.3 Å². The third-order valence-corrected chi connectivity index (χ3v) is 4.91. The Balaban J connectivity index is 2.23. The predicted molar refractivity (Wildman–Crippen MR) is 95.2 cm³/mol. The van der Waals surface area contributed by atoms with Gasteiger partial charge in [-0.2, -0.15) is 10.2 Å². The highest BCUT2D eigenvalue weighted by Gasteiger charge is 2.16. The molecule has 0 aliphatic carbocycles. The van der Waals surface area contributed by atoms with Crippen LogP contribution in [0.5, 0.6) is 0 Å². The monoisotopic (exact) mass is 375 g/mol. The lowest BCUT2D eigenvalue weighted by atomic mass is 10.1. The van der Waals surface area contributed by atoms with Crippen molar-refractivity contribution in [2.24, 2.45) is 0 Å². The number of pyridine rings is 1. The maximum atomic E-state index is 12.1. The van der Waals surface area contributed by atoms with Gasteiger partial charge in [0.05, 0.1) is 10.4 Å². The highest BCUT2D eigenvalue weighted by atomic mass is 35.5. The van der Waals surface area contributed by atoms with Crippen LogP contribution in [0.15, 0.2) is 41.3 Å². The molecule has 2 heterocycles. The van der Waals surface area contributed by atoms with Crippen molar-refractivity contribution < 1.29 is 5.11 Å². The molecule has 0 saturated carbocycles. The molecule has 0 atom stereocenters. The van der Waals surface area contributed by atoms with Crippen LogP contribution in [0.2, 0.25) is 10.2 Å². The van der Waals surface area contributed by atoms with Crippen LogP contribution in [0.4, 0.5) is 0 Å². The first-order valence-electron chi connectivity index (χ1n) is 6.56. The minimum absolute atomic E-state index is 0.0835. The summed E-state index contributed by atoms with van der Waals surface area (Å²) in [5.41, 5.74) is -0.397. The van der Waals surface area contributed by atoms with Crippen molar-refractivity contribution >= 4 is 56.0 Å². The molecule has 8 heteroatoms. The van der Waals surface area contributed by atoms with Gasteiger partial charge in [-0.15, -0.1) is 11.3 Å². The number of allylic oxidation sites excluding steroid dienone is 1. The quantitative estimate of drug-likeness (QED) is 0.409. The summed E-state index contributed by atoms with van der Waals surface area (Å²) in [6.45, 7) is 0. The zero-order valence-corrected chi connectivity index (χ0v) is 14.2. The Bertz CT molecular complexity index is 1090. The van der Waals surface area contributed by atoms with E-state index in [0.29, 0.717) is 10.1 Å². The average molecular weight is 376 g/mol. The van der Waals surface area contributed by atoms with Gasteiger partial charge >= 0.3 is 0 Å². The SMILES string of the molecule is N#CC(=C(O)c1cnc(Cl)c(Cl)c1)c1nc(=O)c2ccccc2s1. The molecule has 2 aromatic heterocycles. The lowest BCUT2D eigenvalue weighted by Gasteiger charge is -2.05. The predicted octanol–water partition coefficient (Wildman–Crippen LogP) is 4.31. The van der Waals surface area contributed by atoms with Crippen molar-refractivity contribution in [2.45, 2.75) is 0 Å². The zero-order valence-electron chi connectivity index (χ0n) is 11.8. The molecule has 0 unspecified atom stereocenters. The second-order valence-electron chi connectivity index (χ2n) is 4.65. The number of hydrogen-bond donors (Lipinski definition) is 1. The summed E-state index contributed by atoms with van der Waals surface area (Å²) in [5.74, 6) is -0.373. The molecule has 118 valence electrons. The smallest absolute Gasteiger partial charge is 0.279 e. The van der Waals surface area contributed by atoms with Gasteiger partial charge in [0.25, 0.3) is 5.56 Å². The minimum Gasteiger partial charge on any atom is -0.506 e. The molecule has 0 fully saturated rings. The molecule has 0 amide bonds. The molecule has 0 spiro atoms. The van der Waals surface area contributed by atoms with Crippen molar-refractivity contribution in [3.05, 3.63) is 67.6 Å². The number of aliphatic hydroxyl groups excluding tert-OH is 1. The molecule has 0 aliphatic rings. The summed E-state index contributed by atoms with van der Waals surface area (Å²) in [5, 5.41) is 20.6. The van der Waals surface area contributed by atoms with Crippen molar-refractivity contribution in [3.63, 3.8) is 0 Å². The highest BCUT2D eigenvalue weighted by Crippen LogP contribution is 2.29. The Morgan fingerprint density at radius 2 is 2.04 bits per heavy atom. The number of benzene rings is 1. The molecule has 1 N–H and O–H groups in total. The van der Waals surface area contributed by atoms with Crippen molar-refractivity contribution in [1.82, 2.24) is 9.97 Å². The van der Waals surface area contributed by atoms with Crippen molar-refractivity contribution in [3.8, 4) is 6.07 Å². The maximum absolute atomic E-state index is 12.1. The number of aliphatic hydroxyl groups is 1. The normalized spacial score (nSPS) is 11.9. The van der Waals surface area contributed by atoms with Gasteiger partial charge in [0.15, 0.2) is 0 Å². The summed E-state index contributed by atoms with van der Waals surface area (Å²) in [4.78, 5) is 19.8. The van der Waals surface area contributed by atoms with Gasteiger partial charge in [0.1, 0.15) is 27.6 Å². The first-order chi connectivity index (χ1) is 11.5. The van der Waals surface area contributed by atoms with E-state index in [4.69, 9.17) is 23.2 Å².